The number of carbonyl (C=O) groups is 1. The Balaban J connectivity index is 1.81. The molecule has 2 aromatic carbocycles. The number of hydrogen-bond acceptors (Lipinski definition) is 8. The standard InChI is InChI=1S/C17H14N4O5S/c1-25-12-6-7-13(14(9-12)26-2)15(22)18-17-20-19-16(27-17)10-4-3-5-11(8-10)21(23)24/h3-9H,1-2H3,(H,18,20,22). The van der Waals surface area contributed by atoms with Crippen molar-refractivity contribution < 1.29 is 19.2 Å². The highest BCUT2D eigenvalue weighted by Crippen LogP contribution is 2.30. The number of rotatable bonds is 6. The average Bonchev–Trinajstić information content (AvgIpc) is 3.15. The van der Waals surface area contributed by atoms with Gasteiger partial charge in [0.2, 0.25) is 5.13 Å². The van der Waals surface area contributed by atoms with Crippen molar-refractivity contribution >= 4 is 28.1 Å². The Morgan fingerprint density at radius 3 is 2.67 bits per heavy atom. The summed E-state index contributed by atoms with van der Waals surface area (Å²) in [5, 5.41) is 22.2. The molecule has 0 bridgehead atoms. The quantitative estimate of drug-likeness (QED) is 0.510. The summed E-state index contributed by atoms with van der Waals surface area (Å²) in [4.78, 5) is 22.9. The van der Waals surface area contributed by atoms with E-state index in [9.17, 15) is 14.9 Å². The fourth-order valence-electron chi connectivity index (χ4n) is 2.29. The third kappa shape index (κ3) is 4.01. The molecule has 0 saturated carbocycles. The molecule has 0 saturated heterocycles. The highest BCUT2D eigenvalue weighted by Gasteiger charge is 2.17. The van der Waals surface area contributed by atoms with Crippen LogP contribution in [0.2, 0.25) is 0 Å². The van der Waals surface area contributed by atoms with Crippen molar-refractivity contribution in [2.24, 2.45) is 0 Å². The molecule has 1 aromatic heterocycles. The van der Waals surface area contributed by atoms with Gasteiger partial charge < -0.3 is 9.47 Å². The van der Waals surface area contributed by atoms with Crippen LogP contribution in [0, 0.1) is 10.1 Å². The molecule has 0 unspecified atom stereocenters. The van der Waals surface area contributed by atoms with Crippen molar-refractivity contribution in [1.29, 1.82) is 0 Å². The maximum absolute atomic E-state index is 12.5. The van der Waals surface area contributed by atoms with Gasteiger partial charge in [0, 0.05) is 23.8 Å². The number of amides is 1. The Kier molecular flexibility index (Phi) is 5.27. The lowest BCUT2D eigenvalue weighted by Gasteiger charge is -2.09. The average molecular weight is 386 g/mol. The van der Waals surface area contributed by atoms with Crippen LogP contribution in [0.4, 0.5) is 10.8 Å². The Hall–Kier alpha value is -3.53. The van der Waals surface area contributed by atoms with E-state index in [0.29, 0.717) is 27.6 Å². The summed E-state index contributed by atoms with van der Waals surface area (Å²) in [6.07, 6.45) is 0. The number of anilines is 1. The highest BCUT2D eigenvalue weighted by molar-refractivity contribution is 7.18. The first-order valence-corrected chi connectivity index (χ1v) is 8.45. The van der Waals surface area contributed by atoms with E-state index in [1.807, 2.05) is 0 Å². The number of carbonyl (C=O) groups excluding carboxylic acids is 1. The van der Waals surface area contributed by atoms with Crippen LogP contribution in [0.25, 0.3) is 10.6 Å². The van der Waals surface area contributed by atoms with Crippen LogP contribution < -0.4 is 14.8 Å². The lowest BCUT2D eigenvalue weighted by molar-refractivity contribution is -0.384. The summed E-state index contributed by atoms with van der Waals surface area (Å²) in [5.74, 6) is 0.499. The van der Waals surface area contributed by atoms with Gasteiger partial charge in [0.05, 0.1) is 24.7 Å². The number of methoxy groups -OCH3 is 2. The molecule has 1 heterocycles. The predicted octanol–water partition coefficient (Wildman–Crippen LogP) is 3.38. The molecule has 0 radical (unpaired) electrons. The molecule has 0 spiro atoms. The molecule has 0 fully saturated rings. The lowest BCUT2D eigenvalue weighted by Crippen LogP contribution is -2.13. The van der Waals surface area contributed by atoms with E-state index in [0.717, 1.165) is 11.3 Å². The highest BCUT2D eigenvalue weighted by atomic mass is 32.1. The Morgan fingerprint density at radius 1 is 1.15 bits per heavy atom. The summed E-state index contributed by atoms with van der Waals surface area (Å²) in [5.41, 5.74) is 0.811. The van der Waals surface area contributed by atoms with E-state index >= 15 is 0 Å². The molecule has 3 aromatic rings. The number of nitro benzene ring substituents is 1. The third-order valence-electron chi connectivity index (χ3n) is 3.60. The van der Waals surface area contributed by atoms with Gasteiger partial charge >= 0.3 is 0 Å². The molecule has 27 heavy (non-hydrogen) atoms. The minimum absolute atomic E-state index is 0.0451. The van der Waals surface area contributed by atoms with Crippen molar-refractivity contribution in [3.05, 3.63) is 58.1 Å². The van der Waals surface area contributed by atoms with Gasteiger partial charge in [-0.2, -0.15) is 0 Å². The molecule has 0 aliphatic heterocycles. The molecule has 0 atom stereocenters. The predicted molar refractivity (Wildman–Crippen MR) is 99.5 cm³/mol. The first kappa shape index (κ1) is 18.3. The number of hydrogen-bond donors (Lipinski definition) is 1. The van der Waals surface area contributed by atoms with Crippen molar-refractivity contribution in [1.82, 2.24) is 10.2 Å². The van der Waals surface area contributed by atoms with E-state index in [4.69, 9.17) is 9.47 Å². The van der Waals surface area contributed by atoms with Crippen molar-refractivity contribution in [2.45, 2.75) is 0 Å². The van der Waals surface area contributed by atoms with Gasteiger partial charge in [0.25, 0.3) is 11.6 Å². The first-order valence-electron chi connectivity index (χ1n) is 7.63. The maximum Gasteiger partial charge on any atom is 0.270 e. The van der Waals surface area contributed by atoms with E-state index in [-0.39, 0.29) is 10.8 Å². The van der Waals surface area contributed by atoms with Gasteiger partial charge in [-0.25, -0.2) is 0 Å². The molecule has 138 valence electrons. The van der Waals surface area contributed by atoms with Gasteiger partial charge in [-0.3, -0.25) is 20.2 Å². The second-order valence-corrected chi connectivity index (χ2v) is 6.22. The monoisotopic (exact) mass is 386 g/mol. The summed E-state index contributed by atoms with van der Waals surface area (Å²) < 4.78 is 10.3. The Morgan fingerprint density at radius 2 is 1.96 bits per heavy atom. The smallest absolute Gasteiger partial charge is 0.270 e. The third-order valence-corrected chi connectivity index (χ3v) is 4.49. The summed E-state index contributed by atoms with van der Waals surface area (Å²) in [6.45, 7) is 0. The second kappa shape index (κ2) is 7.79. The number of non-ortho nitro benzene ring substituents is 1. The summed E-state index contributed by atoms with van der Waals surface area (Å²) >= 11 is 1.11. The minimum Gasteiger partial charge on any atom is -0.497 e. The number of aromatic nitrogens is 2. The fourth-order valence-corrected chi connectivity index (χ4v) is 3.03. The molecule has 1 N–H and O–H groups in total. The van der Waals surface area contributed by atoms with Gasteiger partial charge in [0.15, 0.2) is 0 Å². The van der Waals surface area contributed by atoms with Crippen LogP contribution >= 0.6 is 11.3 Å². The SMILES string of the molecule is COc1ccc(C(=O)Nc2nnc(-c3cccc([N+](=O)[O-])c3)s2)c(OC)c1. The Bertz CT molecular complexity index is 1000. The normalized spacial score (nSPS) is 10.3. The molecule has 0 aliphatic rings. The largest absolute Gasteiger partial charge is 0.497 e. The number of nitrogens with one attached hydrogen (secondary N) is 1. The van der Waals surface area contributed by atoms with E-state index in [1.54, 1.807) is 30.3 Å². The van der Waals surface area contributed by atoms with E-state index < -0.39 is 10.8 Å². The van der Waals surface area contributed by atoms with Gasteiger partial charge in [-0.05, 0) is 12.1 Å². The second-order valence-electron chi connectivity index (χ2n) is 5.24. The van der Waals surface area contributed by atoms with E-state index in [2.05, 4.69) is 15.5 Å². The zero-order chi connectivity index (χ0) is 19.4. The molecular weight excluding hydrogens is 372 g/mol. The molecule has 0 aliphatic carbocycles. The van der Waals surface area contributed by atoms with Crippen LogP contribution in [0.3, 0.4) is 0 Å². The van der Waals surface area contributed by atoms with Crippen molar-refractivity contribution in [3.63, 3.8) is 0 Å². The molecule has 1 amide bonds. The van der Waals surface area contributed by atoms with Crippen LogP contribution in [-0.4, -0.2) is 35.2 Å². The number of ether oxygens (including phenoxy) is 2. The van der Waals surface area contributed by atoms with Crippen LogP contribution in [-0.2, 0) is 0 Å². The minimum atomic E-state index is -0.483. The van der Waals surface area contributed by atoms with Crippen LogP contribution in [0.15, 0.2) is 42.5 Å². The Labute approximate surface area is 157 Å². The van der Waals surface area contributed by atoms with E-state index in [1.165, 1.54) is 26.4 Å². The topological polar surface area (TPSA) is 116 Å². The first-order chi connectivity index (χ1) is 13.0. The molecule has 10 heteroatoms. The number of benzene rings is 2. The molecule has 3 rings (SSSR count). The zero-order valence-electron chi connectivity index (χ0n) is 14.3. The lowest BCUT2D eigenvalue weighted by atomic mass is 10.2. The summed E-state index contributed by atoms with van der Waals surface area (Å²) in [7, 11) is 2.97. The van der Waals surface area contributed by atoms with Crippen molar-refractivity contribution in [3.8, 4) is 22.1 Å². The number of nitro groups is 1. The number of nitrogens with zero attached hydrogens (tertiary/aromatic N) is 3. The summed E-state index contributed by atoms with van der Waals surface area (Å²) in [6, 6.07) is 10.9. The molecular formula is C17H14N4O5S. The zero-order valence-corrected chi connectivity index (χ0v) is 15.1. The van der Waals surface area contributed by atoms with Crippen molar-refractivity contribution in [2.75, 3.05) is 19.5 Å². The molecule has 9 nitrogen and oxygen atoms in total. The van der Waals surface area contributed by atoms with Crippen LogP contribution in [0.1, 0.15) is 10.4 Å². The fraction of sp³-hybridized carbons (Fsp3) is 0.118. The van der Waals surface area contributed by atoms with Gasteiger partial charge in [-0.15, -0.1) is 10.2 Å². The van der Waals surface area contributed by atoms with Gasteiger partial charge in [0.1, 0.15) is 16.5 Å². The van der Waals surface area contributed by atoms with Crippen LogP contribution in [0.5, 0.6) is 11.5 Å². The maximum atomic E-state index is 12.5. The van der Waals surface area contributed by atoms with Gasteiger partial charge in [-0.1, -0.05) is 23.5 Å².